The minimum absolute atomic E-state index is 0.625. The summed E-state index contributed by atoms with van der Waals surface area (Å²) in [5, 5.41) is 9.46. The van der Waals surface area contributed by atoms with Gasteiger partial charge in [-0.2, -0.15) is 0 Å². The molecule has 82 valence electrons. The molecule has 0 amide bonds. The Labute approximate surface area is 95.1 Å². The second kappa shape index (κ2) is 5.99. The number of unbranched alkanes of at least 4 members (excludes halogenated alkanes) is 3. The van der Waals surface area contributed by atoms with Crippen LogP contribution in [0.25, 0.3) is 0 Å². The first-order chi connectivity index (χ1) is 6.67. The first-order valence-corrected chi connectivity index (χ1v) is 6.62. The van der Waals surface area contributed by atoms with Gasteiger partial charge in [-0.1, -0.05) is 37.8 Å². The third kappa shape index (κ3) is 3.79. The van der Waals surface area contributed by atoms with Crippen molar-refractivity contribution in [3.63, 3.8) is 0 Å². The topological polar surface area (TPSA) is 32.6 Å². The zero-order valence-electron chi connectivity index (χ0n) is 8.63. The van der Waals surface area contributed by atoms with Crippen LogP contribution in [0.1, 0.15) is 39.0 Å². The molecule has 1 aliphatic heterocycles. The number of halogens is 1. The fourth-order valence-corrected chi connectivity index (χ4v) is 2.70. The van der Waals surface area contributed by atoms with Gasteiger partial charge in [-0.05, 0) is 12.8 Å². The summed E-state index contributed by atoms with van der Waals surface area (Å²) in [6.45, 7) is 2.97. The number of hydrogen-bond acceptors (Lipinski definition) is 3. The summed E-state index contributed by atoms with van der Waals surface area (Å²) >= 11 is 7.61. The highest BCUT2D eigenvalue weighted by atomic mass is 35.5. The summed E-state index contributed by atoms with van der Waals surface area (Å²) < 4.78 is 0. The summed E-state index contributed by atoms with van der Waals surface area (Å²) in [4.78, 5) is 4.20. The molecule has 1 aliphatic rings. The van der Waals surface area contributed by atoms with Gasteiger partial charge >= 0.3 is 0 Å². The number of hydrogen-bond donors (Lipinski definition) is 1. The van der Waals surface area contributed by atoms with Crippen molar-refractivity contribution in [2.75, 3.05) is 12.3 Å². The highest BCUT2D eigenvalue weighted by molar-refractivity contribution is 8.14. The molecule has 1 unspecified atom stereocenters. The van der Waals surface area contributed by atoms with E-state index in [-0.39, 0.29) is 0 Å². The van der Waals surface area contributed by atoms with Crippen molar-refractivity contribution in [2.45, 2.75) is 44.1 Å². The quantitative estimate of drug-likeness (QED) is 0.567. The largest absolute Gasteiger partial charge is 0.369 e. The third-order valence-corrected chi connectivity index (χ3v) is 3.88. The van der Waals surface area contributed by atoms with Crippen molar-refractivity contribution in [3.8, 4) is 0 Å². The summed E-state index contributed by atoms with van der Waals surface area (Å²) in [5.41, 5.74) is 0. The van der Waals surface area contributed by atoms with E-state index < -0.39 is 5.06 Å². The molecule has 0 radical (unpaired) electrons. The Balaban J connectivity index is 2.26. The monoisotopic (exact) mass is 235 g/mol. The van der Waals surface area contributed by atoms with Crippen molar-refractivity contribution >= 4 is 28.4 Å². The van der Waals surface area contributed by atoms with Crippen LogP contribution in [0, 0.1) is 0 Å². The number of nitrogens with zero attached hydrogens (tertiary/aromatic N) is 1. The van der Waals surface area contributed by atoms with Gasteiger partial charge in [0, 0.05) is 12.3 Å². The average molecular weight is 236 g/mol. The first-order valence-electron chi connectivity index (χ1n) is 5.26. The zero-order chi connectivity index (χ0) is 10.4. The second-order valence-electron chi connectivity index (χ2n) is 3.61. The van der Waals surface area contributed by atoms with E-state index in [0.29, 0.717) is 6.42 Å². The molecule has 14 heavy (non-hydrogen) atoms. The summed E-state index contributed by atoms with van der Waals surface area (Å²) in [7, 11) is 0. The summed E-state index contributed by atoms with van der Waals surface area (Å²) in [6.07, 6.45) is 5.17. The van der Waals surface area contributed by atoms with Gasteiger partial charge in [0.05, 0.1) is 0 Å². The average Bonchev–Trinajstić information content (AvgIpc) is 2.65. The number of aliphatic hydroxyl groups is 1. The molecule has 0 bridgehead atoms. The van der Waals surface area contributed by atoms with Gasteiger partial charge < -0.3 is 5.11 Å². The second-order valence-corrected chi connectivity index (χ2v) is 5.31. The Hall–Kier alpha value is 0.270. The van der Waals surface area contributed by atoms with E-state index in [4.69, 9.17) is 11.6 Å². The van der Waals surface area contributed by atoms with Gasteiger partial charge in [0.25, 0.3) is 0 Å². The fraction of sp³-hybridized carbons (Fsp3) is 0.900. The van der Waals surface area contributed by atoms with Gasteiger partial charge in [0.1, 0.15) is 5.04 Å². The fourth-order valence-electron chi connectivity index (χ4n) is 1.46. The number of rotatable bonds is 6. The van der Waals surface area contributed by atoms with Crippen molar-refractivity contribution in [1.29, 1.82) is 0 Å². The third-order valence-electron chi connectivity index (χ3n) is 2.27. The molecule has 0 aromatic heterocycles. The predicted octanol–water partition coefficient (Wildman–Crippen LogP) is 3.03. The maximum absolute atomic E-state index is 9.93. The standard InChI is InChI=1S/C10H18ClNOS/c1-2-3-4-5-6-10(11,13)9-12-7-8-14-9/h13H,2-8H2,1H3. The highest BCUT2D eigenvalue weighted by Crippen LogP contribution is 2.30. The van der Waals surface area contributed by atoms with Crippen LogP contribution in [0.5, 0.6) is 0 Å². The minimum atomic E-state index is -1.19. The van der Waals surface area contributed by atoms with E-state index in [1.54, 1.807) is 11.8 Å². The number of alkyl halides is 1. The summed E-state index contributed by atoms with van der Waals surface area (Å²) in [5.74, 6) is 0.958. The van der Waals surface area contributed by atoms with E-state index in [2.05, 4.69) is 11.9 Å². The molecule has 2 nitrogen and oxygen atoms in total. The maximum atomic E-state index is 9.93. The maximum Gasteiger partial charge on any atom is 0.186 e. The Morgan fingerprint density at radius 3 is 2.86 bits per heavy atom. The predicted molar refractivity (Wildman–Crippen MR) is 64.3 cm³/mol. The Morgan fingerprint density at radius 2 is 2.29 bits per heavy atom. The molecule has 0 aromatic carbocycles. The van der Waals surface area contributed by atoms with Crippen molar-refractivity contribution < 1.29 is 5.11 Å². The lowest BCUT2D eigenvalue weighted by Gasteiger charge is -2.19. The van der Waals surface area contributed by atoms with E-state index >= 15 is 0 Å². The van der Waals surface area contributed by atoms with Gasteiger partial charge in [0.2, 0.25) is 0 Å². The van der Waals surface area contributed by atoms with Gasteiger partial charge in [0.15, 0.2) is 5.06 Å². The van der Waals surface area contributed by atoms with Crippen LogP contribution in [0.4, 0.5) is 0 Å². The minimum Gasteiger partial charge on any atom is -0.369 e. The lowest BCUT2D eigenvalue weighted by Crippen LogP contribution is -2.28. The van der Waals surface area contributed by atoms with Gasteiger partial charge in [-0.3, -0.25) is 4.99 Å². The lowest BCUT2D eigenvalue weighted by molar-refractivity contribution is 0.187. The van der Waals surface area contributed by atoms with E-state index in [9.17, 15) is 5.11 Å². The molecule has 0 spiro atoms. The van der Waals surface area contributed by atoms with E-state index in [1.807, 2.05) is 0 Å². The lowest BCUT2D eigenvalue weighted by atomic mass is 10.1. The number of thioether (sulfide) groups is 1. The smallest absolute Gasteiger partial charge is 0.186 e. The molecular weight excluding hydrogens is 218 g/mol. The van der Waals surface area contributed by atoms with Gasteiger partial charge in [-0.25, -0.2) is 0 Å². The van der Waals surface area contributed by atoms with Crippen LogP contribution in [-0.2, 0) is 0 Å². The molecule has 1 rings (SSSR count). The van der Waals surface area contributed by atoms with Crippen LogP contribution in [-0.4, -0.2) is 27.5 Å². The molecule has 4 heteroatoms. The van der Waals surface area contributed by atoms with E-state index in [0.717, 1.165) is 30.2 Å². The van der Waals surface area contributed by atoms with Crippen LogP contribution in [0.3, 0.4) is 0 Å². The van der Waals surface area contributed by atoms with Crippen LogP contribution in [0.2, 0.25) is 0 Å². The zero-order valence-corrected chi connectivity index (χ0v) is 10.2. The number of aliphatic imine (C=N–C) groups is 1. The molecule has 0 fully saturated rings. The Bertz CT molecular complexity index is 206. The Kier molecular flexibility index (Phi) is 5.28. The molecule has 1 atom stereocenters. The molecule has 0 aromatic rings. The van der Waals surface area contributed by atoms with Crippen LogP contribution >= 0.6 is 23.4 Å². The molecule has 0 saturated heterocycles. The molecular formula is C10H18ClNOS. The normalized spacial score (nSPS) is 20.6. The van der Waals surface area contributed by atoms with Crippen LogP contribution < -0.4 is 0 Å². The molecule has 0 saturated carbocycles. The summed E-state index contributed by atoms with van der Waals surface area (Å²) in [6, 6.07) is 0. The van der Waals surface area contributed by atoms with E-state index in [1.165, 1.54) is 12.8 Å². The first kappa shape index (κ1) is 12.3. The van der Waals surface area contributed by atoms with Crippen molar-refractivity contribution in [2.24, 2.45) is 4.99 Å². The molecule has 0 aliphatic carbocycles. The Morgan fingerprint density at radius 1 is 1.50 bits per heavy atom. The van der Waals surface area contributed by atoms with Crippen molar-refractivity contribution in [3.05, 3.63) is 0 Å². The SMILES string of the molecule is CCCCCCC(O)(Cl)C1=NCCS1. The van der Waals surface area contributed by atoms with Gasteiger partial charge in [-0.15, -0.1) is 11.8 Å². The highest BCUT2D eigenvalue weighted by Gasteiger charge is 2.31. The van der Waals surface area contributed by atoms with Crippen LogP contribution in [0.15, 0.2) is 4.99 Å². The molecule has 1 heterocycles. The van der Waals surface area contributed by atoms with Crippen molar-refractivity contribution in [1.82, 2.24) is 0 Å². The molecule has 1 N–H and O–H groups in total.